The van der Waals surface area contributed by atoms with E-state index in [1.807, 2.05) is 20.8 Å². The molecule has 5 nitrogen and oxygen atoms in total. The van der Waals surface area contributed by atoms with Crippen LogP contribution in [0.25, 0.3) is 0 Å². The molecule has 3 saturated heterocycles. The molecule has 3 aliphatic heterocycles. The molecular formula is C34H40N2O3. The van der Waals surface area contributed by atoms with Gasteiger partial charge < -0.3 is 9.47 Å². The first-order valence-electron chi connectivity index (χ1n) is 14.4. The Morgan fingerprint density at radius 1 is 0.846 bits per heavy atom. The molecule has 3 fully saturated rings. The third-order valence-corrected chi connectivity index (χ3v) is 8.82. The molecule has 0 saturated carbocycles. The molecule has 0 aliphatic carbocycles. The van der Waals surface area contributed by atoms with Crippen LogP contribution in [0.1, 0.15) is 63.1 Å². The lowest BCUT2D eigenvalue weighted by molar-refractivity contribution is -0.0977. The molecular weight excluding hydrogens is 484 g/mol. The van der Waals surface area contributed by atoms with Crippen LogP contribution in [0.15, 0.2) is 91.0 Å². The van der Waals surface area contributed by atoms with Crippen LogP contribution in [0, 0.1) is 0 Å². The Kier molecular flexibility index (Phi) is 6.76. The summed E-state index contributed by atoms with van der Waals surface area (Å²) in [6.07, 6.45) is 3.66. The third-order valence-electron chi connectivity index (χ3n) is 8.82. The molecule has 3 aromatic carbocycles. The Hall–Kier alpha value is -3.15. The zero-order chi connectivity index (χ0) is 27.1. The van der Waals surface area contributed by atoms with Gasteiger partial charge in [0.05, 0.1) is 17.2 Å². The van der Waals surface area contributed by atoms with E-state index in [-0.39, 0.29) is 18.2 Å². The topological polar surface area (TPSA) is 42.0 Å². The maximum absolute atomic E-state index is 13.8. The number of likely N-dealkylation sites (tertiary alicyclic amines) is 1. The molecule has 6 rings (SSSR count). The summed E-state index contributed by atoms with van der Waals surface area (Å²) in [5.74, 6) is 0. The van der Waals surface area contributed by atoms with Crippen LogP contribution in [0.5, 0.6) is 0 Å². The highest BCUT2D eigenvalue weighted by molar-refractivity contribution is 5.71. The fourth-order valence-corrected chi connectivity index (χ4v) is 7.41. The van der Waals surface area contributed by atoms with Gasteiger partial charge in [-0.1, -0.05) is 91.0 Å². The SMILES string of the molecule is CC(C)(C)OC(=O)N1C2CCC1(C1CCCO1)CN(C(c1ccccc1)(c1ccccc1)c1ccccc1)C2. The van der Waals surface area contributed by atoms with E-state index in [0.717, 1.165) is 38.8 Å². The molecule has 3 heterocycles. The Morgan fingerprint density at radius 2 is 1.38 bits per heavy atom. The number of hydrogen-bond acceptors (Lipinski definition) is 4. The van der Waals surface area contributed by atoms with Gasteiger partial charge in [-0.2, -0.15) is 0 Å². The first-order valence-corrected chi connectivity index (χ1v) is 14.4. The molecule has 0 spiro atoms. The van der Waals surface area contributed by atoms with Gasteiger partial charge in [0.1, 0.15) is 5.60 Å². The number of carbonyl (C=O) groups excluding carboxylic acids is 1. The lowest BCUT2D eigenvalue weighted by Gasteiger charge is -2.56. The fourth-order valence-electron chi connectivity index (χ4n) is 7.41. The Labute approximate surface area is 232 Å². The van der Waals surface area contributed by atoms with Gasteiger partial charge in [0.2, 0.25) is 0 Å². The fraction of sp³-hybridized carbons (Fsp3) is 0.441. The predicted octanol–water partition coefficient (Wildman–Crippen LogP) is 6.61. The Bertz CT molecular complexity index is 1170. The number of ether oxygens (including phenoxy) is 2. The summed E-state index contributed by atoms with van der Waals surface area (Å²) in [4.78, 5) is 18.6. The van der Waals surface area contributed by atoms with Crippen LogP contribution in [0.2, 0.25) is 0 Å². The van der Waals surface area contributed by atoms with E-state index in [9.17, 15) is 4.79 Å². The Morgan fingerprint density at radius 3 is 1.85 bits per heavy atom. The van der Waals surface area contributed by atoms with Gasteiger partial charge in [-0.25, -0.2) is 4.79 Å². The molecule has 0 N–H and O–H groups in total. The van der Waals surface area contributed by atoms with E-state index in [1.54, 1.807) is 0 Å². The van der Waals surface area contributed by atoms with E-state index in [0.29, 0.717) is 6.54 Å². The van der Waals surface area contributed by atoms with Crippen molar-refractivity contribution in [3.63, 3.8) is 0 Å². The van der Waals surface area contributed by atoms with E-state index in [2.05, 4.69) is 101 Å². The summed E-state index contributed by atoms with van der Waals surface area (Å²) >= 11 is 0. The number of nitrogens with zero attached hydrogens (tertiary/aromatic N) is 2. The quantitative estimate of drug-likeness (QED) is 0.352. The van der Waals surface area contributed by atoms with Crippen LogP contribution in [0.4, 0.5) is 4.79 Å². The number of amides is 1. The largest absolute Gasteiger partial charge is 0.444 e. The molecule has 3 atom stereocenters. The maximum atomic E-state index is 13.8. The summed E-state index contributed by atoms with van der Waals surface area (Å²) in [5, 5.41) is 0. The van der Waals surface area contributed by atoms with Gasteiger partial charge in [-0.15, -0.1) is 0 Å². The third kappa shape index (κ3) is 4.46. The van der Waals surface area contributed by atoms with Crippen molar-refractivity contribution in [2.45, 2.75) is 75.3 Å². The molecule has 3 unspecified atom stereocenters. The summed E-state index contributed by atoms with van der Waals surface area (Å²) in [6, 6.07) is 32.6. The van der Waals surface area contributed by atoms with Gasteiger partial charge in [0.25, 0.3) is 0 Å². The van der Waals surface area contributed by atoms with Gasteiger partial charge in [0, 0.05) is 25.7 Å². The maximum Gasteiger partial charge on any atom is 0.411 e. The highest BCUT2D eigenvalue weighted by atomic mass is 16.6. The smallest absolute Gasteiger partial charge is 0.411 e. The minimum absolute atomic E-state index is 0.00200. The molecule has 2 bridgehead atoms. The minimum atomic E-state index is -0.548. The van der Waals surface area contributed by atoms with Crippen molar-refractivity contribution >= 4 is 6.09 Å². The van der Waals surface area contributed by atoms with Crippen LogP contribution >= 0.6 is 0 Å². The van der Waals surface area contributed by atoms with Crippen molar-refractivity contribution in [2.24, 2.45) is 0 Å². The van der Waals surface area contributed by atoms with Gasteiger partial charge in [0.15, 0.2) is 0 Å². The average Bonchev–Trinajstić information content (AvgIpc) is 3.56. The zero-order valence-electron chi connectivity index (χ0n) is 23.4. The van der Waals surface area contributed by atoms with Crippen LogP contribution in [0.3, 0.4) is 0 Å². The summed E-state index contributed by atoms with van der Waals surface area (Å²) in [6.45, 7) is 8.08. The van der Waals surface area contributed by atoms with Crippen molar-refractivity contribution < 1.29 is 14.3 Å². The molecule has 0 aromatic heterocycles. The summed E-state index contributed by atoms with van der Waals surface area (Å²) in [5.41, 5.74) is 2.19. The highest BCUT2D eigenvalue weighted by Crippen LogP contribution is 2.51. The summed E-state index contributed by atoms with van der Waals surface area (Å²) in [7, 11) is 0. The number of rotatable bonds is 5. The monoisotopic (exact) mass is 524 g/mol. The minimum Gasteiger partial charge on any atom is -0.444 e. The summed E-state index contributed by atoms with van der Waals surface area (Å²) < 4.78 is 12.5. The highest BCUT2D eigenvalue weighted by Gasteiger charge is 2.62. The lowest BCUT2D eigenvalue weighted by Crippen LogP contribution is -2.71. The Balaban J connectivity index is 1.53. The first kappa shape index (κ1) is 26.1. The number of benzene rings is 3. The van der Waals surface area contributed by atoms with Crippen LogP contribution in [-0.4, -0.2) is 58.9 Å². The van der Waals surface area contributed by atoms with Crippen molar-refractivity contribution in [1.82, 2.24) is 9.80 Å². The molecule has 0 radical (unpaired) electrons. The standard InChI is InChI=1S/C34H40N2O3/c1-32(2,3)39-31(37)36-29-21-22-33(36,30-20-13-23-38-30)25-35(24-29)34(26-14-7-4-8-15-26,27-16-9-5-10-17-27)28-18-11-6-12-19-28/h4-12,14-19,29-30H,13,20-25H2,1-3H3. The van der Waals surface area contributed by atoms with Gasteiger partial charge >= 0.3 is 6.09 Å². The van der Waals surface area contributed by atoms with Crippen molar-refractivity contribution in [3.8, 4) is 0 Å². The normalized spacial score (nSPS) is 25.6. The van der Waals surface area contributed by atoms with E-state index < -0.39 is 16.7 Å². The molecule has 204 valence electrons. The van der Waals surface area contributed by atoms with Crippen molar-refractivity contribution in [1.29, 1.82) is 0 Å². The van der Waals surface area contributed by atoms with E-state index >= 15 is 0 Å². The number of carbonyl (C=O) groups is 1. The molecule has 5 heteroatoms. The van der Waals surface area contributed by atoms with Gasteiger partial charge in [-0.05, 0) is 63.1 Å². The van der Waals surface area contributed by atoms with E-state index in [4.69, 9.17) is 9.47 Å². The molecule has 3 aliphatic rings. The lowest BCUT2D eigenvalue weighted by atomic mass is 9.73. The average molecular weight is 525 g/mol. The van der Waals surface area contributed by atoms with Crippen LogP contribution < -0.4 is 0 Å². The molecule has 39 heavy (non-hydrogen) atoms. The predicted molar refractivity (Wildman–Crippen MR) is 154 cm³/mol. The van der Waals surface area contributed by atoms with Crippen molar-refractivity contribution in [3.05, 3.63) is 108 Å². The molecule has 1 amide bonds. The number of piperazine rings is 1. The molecule has 3 aromatic rings. The van der Waals surface area contributed by atoms with Crippen LogP contribution in [-0.2, 0) is 15.0 Å². The second-order valence-electron chi connectivity index (χ2n) is 12.3. The van der Waals surface area contributed by atoms with Crippen molar-refractivity contribution in [2.75, 3.05) is 19.7 Å². The van der Waals surface area contributed by atoms with E-state index in [1.165, 1.54) is 16.7 Å². The van der Waals surface area contributed by atoms with Gasteiger partial charge in [-0.3, -0.25) is 9.80 Å². The zero-order valence-corrected chi connectivity index (χ0v) is 23.4. The number of fused-ring (bicyclic) bond motifs is 2. The second kappa shape index (κ2) is 10.1. The first-order chi connectivity index (χ1) is 18.8. The number of hydrogen-bond donors (Lipinski definition) is 0. The second-order valence-corrected chi connectivity index (χ2v) is 12.3.